The number of rotatable bonds is 4. The van der Waals surface area contributed by atoms with Crippen LogP contribution in [-0.4, -0.2) is 11.7 Å². The second kappa shape index (κ2) is 4.57. The minimum Gasteiger partial charge on any atom is -0.363 e. The molecule has 1 aromatic carbocycles. The van der Waals surface area contributed by atoms with Gasteiger partial charge in [-0.2, -0.15) is 13.2 Å². The molecule has 1 aromatic rings. The van der Waals surface area contributed by atoms with Crippen molar-refractivity contribution < 1.29 is 27.2 Å². The highest BCUT2D eigenvalue weighted by atomic mass is 19.4. The third kappa shape index (κ3) is 2.66. The molecule has 1 saturated carbocycles. The van der Waals surface area contributed by atoms with E-state index in [1.807, 2.05) is 0 Å². The highest BCUT2D eigenvalue weighted by Gasteiger charge is 2.49. The first-order valence-electron chi connectivity index (χ1n) is 5.86. The number of amides is 1. The van der Waals surface area contributed by atoms with Gasteiger partial charge in [0.15, 0.2) is 0 Å². The van der Waals surface area contributed by atoms with Gasteiger partial charge in [0.1, 0.15) is 5.82 Å². The predicted octanol–water partition coefficient (Wildman–Crippen LogP) is 2.32. The number of hydrogen-bond acceptors (Lipinski definition) is 2. The van der Waals surface area contributed by atoms with Crippen LogP contribution in [0.1, 0.15) is 30.4 Å². The fourth-order valence-electron chi connectivity index (χ4n) is 2.19. The van der Waals surface area contributed by atoms with E-state index in [0.717, 1.165) is 6.07 Å². The second-order valence-electron chi connectivity index (χ2n) is 4.94. The van der Waals surface area contributed by atoms with E-state index in [9.17, 15) is 27.2 Å². The van der Waals surface area contributed by atoms with Crippen molar-refractivity contribution >= 4 is 11.7 Å². The van der Waals surface area contributed by atoms with Crippen LogP contribution in [0, 0.1) is 5.82 Å². The first-order chi connectivity index (χ1) is 9.16. The Bertz CT molecular complexity index is 576. The maximum absolute atomic E-state index is 13.8. The molecule has 0 unspecified atom stereocenters. The van der Waals surface area contributed by atoms with E-state index in [4.69, 9.17) is 5.73 Å². The number of Topliss-reactive ketones (excluding diaryl/α,β-unsaturated/α-hetero) is 1. The van der Waals surface area contributed by atoms with Crippen LogP contribution in [0.25, 0.3) is 0 Å². The Morgan fingerprint density at radius 2 is 1.85 bits per heavy atom. The van der Waals surface area contributed by atoms with Gasteiger partial charge >= 0.3 is 6.18 Å². The van der Waals surface area contributed by atoms with Crippen LogP contribution in [0.3, 0.4) is 0 Å². The number of halogens is 4. The third-order valence-corrected chi connectivity index (χ3v) is 3.49. The fraction of sp³-hybridized carbons (Fsp3) is 0.385. The highest BCUT2D eigenvalue weighted by molar-refractivity contribution is 6.35. The van der Waals surface area contributed by atoms with E-state index >= 15 is 0 Å². The lowest BCUT2D eigenvalue weighted by Crippen LogP contribution is -2.27. The van der Waals surface area contributed by atoms with Crippen molar-refractivity contribution in [3.05, 3.63) is 35.1 Å². The van der Waals surface area contributed by atoms with Crippen molar-refractivity contribution in [2.24, 2.45) is 5.73 Å². The van der Waals surface area contributed by atoms with E-state index < -0.39 is 34.7 Å². The number of hydrogen-bond donors (Lipinski definition) is 1. The van der Waals surface area contributed by atoms with Gasteiger partial charge < -0.3 is 5.73 Å². The molecule has 0 aromatic heterocycles. The fourth-order valence-corrected chi connectivity index (χ4v) is 2.19. The molecule has 0 bridgehead atoms. The van der Waals surface area contributed by atoms with Crippen LogP contribution in [0.15, 0.2) is 18.2 Å². The molecule has 7 heteroatoms. The van der Waals surface area contributed by atoms with Gasteiger partial charge in [0.2, 0.25) is 5.78 Å². The average molecular weight is 289 g/mol. The first-order valence-corrected chi connectivity index (χ1v) is 5.86. The summed E-state index contributed by atoms with van der Waals surface area (Å²) in [5.74, 6) is -2.88. The molecule has 0 radical (unpaired) electrons. The standard InChI is InChI=1S/C13H11F4NO2/c14-9-2-1-7(13(15,16)17)5-8(9)12(3-4-12)6-10(19)11(18)20/h1-2,5H,3-4,6H2,(H2,18,20). The van der Waals surface area contributed by atoms with Gasteiger partial charge in [-0.25, -0.2) is 4.39 Å². The Kier molecular flexibility index (Phi) is 3.31. The van der Waals surface area contributed by atoms with Gasteiger partial charge in [0.05, 0.1) is 5.56 Å². The van der Waals surface area contributed by atoms with Gasteiger partial charge in [-0.3, -0.25) is 9.59 Å². The zero-order valence-electron chi connectivity index (χ0n) is 10.3. The van der Waals surface area contributed by atoms with E-state index in [1.165, 1.54) is 0 Å². The van der Waals surface area contributed by atoms with E-state index in [-0.39, 0.29) is 12.0 Å². The molecule has 0 heterocycles. The third-order valence-electron chi connectivity index (χ3n) is 3.49. The number of carbonyl (C=O) groups is 2. The summed E-state index contributed by atoms with van der Waals surface area (Å²) in [6.07, 6.45) is -4.25. The molecule has 20 heavy (non-hydrogen) atoms. The lowest BCUT2D eigenvalue weighted by atomic mass is 9.88. The van der Waals surface area contributed by atoms with Crippen LogP contribution in [0.2, 0.25) is 0 Å². The Morgan fingerprint density at radius 3 is 2.30 bits per heavy atom. The molecule has 0 atom stereocenters. The van der Waals surface area contributed by atoms with Crippen molar-refractivity contribution in [3.8, 4) is 0 Å². The van der Waals surface area contributed by atoms with Gasteiger partial charge in [0, 0.05) is 11.8 Å². The number of primary amides is 1. The molecule has 1 amide bonds. The summed E-state index contributed by atoms with van der Waals surface area (Å²) in [5, 5.41) is 0. The van der Waals surface area contributed by atoms with Gasteiger partial charge in [-0.05, 0) is 36.6 Å². The Labute approximate surface area is 111 Å². The normalized spacial score (nSPS) is 16.8. The summed E-state index contributed by atoms with van der Waals surface area (Å²) >= 11 is 0. The number of ketones is 1. The zero-order valence-corrected chi connectivity index (χ0v) is 10.3. The summed E-state index contributed by atoms with van der Waals surface area (Å²) in [6, 6.07) is 2.08. The molecule has 3 nitrogen and oxygen atoms in total. The maximum atomic E-state index is 13.8. The van der Waals surface area contributed by atoms with Crippen molar-refractivity contribution in [1.82, 2.24) is 0 Å². The topological polar surface area (TPSA) is 60.2 Å². The molecule has 0 aliphatic heterocycles. The second-order valence-corrected chi connectivity index (χ2v) is 4.94. The van der Waals surface area contributed by atoms with Crippen molar-refractivity contribution in [2.45, 2.75) is 30.9 Å². The minimum absolute atomic E-state index is 0.179. The maximum Gasteiger partial charge on any atom is 0.416 e. The SMILES string of the molecule is NC(=O)C(=O)CC1(c2cc(C(F)(F)F)ccc2F)CC1. The van der Waals surface area contributed by atoms with Gasteiger partial charge in [-0.15, -0.1) is 0 Å². The Balaban J connectivity index is 2.37. The van der Waals surface area contributed by atoms with E-state index in [2.05, 4.69) is 0 Å². The summed E-state index contributed by atoms with van der Waals surface area (Å²) in [5.41, 5.74) is 2.64. The number of nitrogens with two attached hydrogens (primary N) is 1. The van der Waals surface area contributed by atoms with Gasteiger partial charge in [-0.1, -0.05) is 0 Å². The lowest BCUT2D eigenvalue weighted by molar-refractivity contribution is -0.137. The smallest absolute Gasteiger partial charge is 0.363 e. The first kappa shape index (κ1) is 14.5. The van der Waals surface area contributed by atoms with Crippen LogP contribution < -0.4 is 5.73 Å². The molecular weight excluding hydrogens is 278 g/mol. The lowest BCUT2D eigenvalue weighted by Gasteiger charge is -2.17. The molecule has 0 spiro atoms. The molecule has 108 valence electrons. The summed E-state index contributed by atoms with van der Waals surface area (Å²) in [6.45, 7) is 0. The largest absolute Gasteiger partial charge is 0.416 e. The van der Waals surface area contributed by atoms with Crippen molar-refractivity contribution in [2.75, 3.05) is 0 Å². The van der Waals surface area contributed by atoms with Crippen molar-refractivity contribution in [3.63, 3.8) is 0 Å². The Morgan fingerprint density at radius 1 is 1.25 bits per heavy atom. The predicted molar refractivity (Wildman–Crippen MR) is 61.1 cm³/mol. The number of carbonyl (C=O) groups excluding carboxylic acids is 2. The van der Waals surface area contributed by atoms with Crippen LogP contribution in [0.5, 0.6) is 0 Å². The Hall–Kier alpha value is -1.92. The molecule has 0 saturated heterocycles. The zero-order chi connectivity index (χ0) is 15.1. The molecular formula is C13H11F4NO2. The molecule has 1 fully saturated rings. The molecule has 2 rings (SSSR count). The highest BCUT2D eigenvalue weighted by Crippen LogP contribution is 2.52. The number of alkyl halides is 3. The monoisotopic (exact) mass is 289 g/mol. The summed E-state index contributed by atoms with van der Waals surface area (Å²) in [4.78, 5) is 22.1. The minimum atomic E-state index is -4.59. The summed E-state index contributed by atoms with van der Waals surface area (Å²) < 4.78 is 51.7. The molecule has 1 aliphatic rings. The van der Waals surface area contributed by atoms with Crippen molar-refractivity contribution in [1.29, 1.82) is 0 Å². The number of benzene rings is 1. The molecule has 1 aliphatic carbocycles. The van der Waals surface area contributed by atoms with Crippen LogP contribution >= 0.6 is 0 Å². The quantitative estimate of drug-likeness (QED) is 0.683. The van der Waals surface area contributed by atoms with E-state index in [0.29, 0.717) is 25.0 Å². The average Bonchev–Trinajstić information content (AvgIpc) is 3.08. The molecule has 2 N–H and O–H groups in total. The summed E-state index contributed by atoms with van der Waals surface area (Å²) in [7, 11) is 0. The van der Waals surface area contributed by atoms with E-state index in [1.54, 1.807) is 0 Å². The van der Waals surface area contributed by atoms with Crippen LogP contribution in [-0.2, 0) is 21.2 Å². The van der Waals surface area contributed by atoms with Crippen LogP contribution in [0.4, 0.5) is 17.6 Å². The van der Waals surface area contributed by atoms with Gasteiger partial charge in [0.25, 0.3) is 5.91 Å².